The smallest absolute Gasteiger partial charge is 0.351 e. The fourth-order valence-electron chi connectivity index (χ4n) is 3.30. The number of aliphatic imine (C=N–C) groups is 1. The Balaban J connectivity index is 1.60. The van der Waals surface area contributed by atoms with E-state index in [1.807, 2.05) is 10.6 Å². The summed E-state index contributed by atoms with van der Waals surface area (Å²) in [6.45, 7) is 0. The molecule has 0 spiro atoms. The van der Waals surface area contributed by atoms with Gasteiger partial charge in [-0.25, -0.2) is 14.1 Å². The molecule has 1 aliphatic carbocycles. The van der Waals surface area contributed by atoms with Crippen LogP contribution in [0.1, 0.15) is 30.0 Å². The maximum Gasteiger partial charge on any atom is 0.351 e. The summed E-state index contributed by atoms with van der Waals surface area (Å²) in [6, 6.07) is 1.84. The van der Waals surface area contributed by atoms with Gasteiger partial charge in [-0.05, 0) is 19.3 Å². The quantitative estimate of drug-likeness (QED) is 0.839. The van der Waals surface area contributed by atoms with Crippen LogP contribution in [0.5, 0.6) is 0 Å². The minimum atomic E-state index is -1.13. The van der Waals surface area contributed by atoms with Crippen LogP contribution in [-0.2, 0) is 28.9 Å². The molecule has 4 rings (SSSR count). The van der Waals surface area contributed by atoms with Gasteiger partial charge in [-0.1, -0.05) is 0 Å². The zero-order valence-electron chi connectivity index (χ0n) is 13.8. The van der Waals surface area contributed by atoms with E-state index in [0.29, 0.717) is 12.1 Å². The molecular formula is C17H17N3O5S. The lowest BCUT2D eigenvalue weighted by Crippen LogP contribution is -2.20. The van der Waals surface area contributed by atoms with Gasteiger partial charge in [0.15, 0.2) is 0 Å². The van der Waals surface area contributed by atoms with Gasteiger partial charge in [0.2, 0.25) is 5.71 Å². The third-order valence-electron chi connectivity index (χ3n) is 4.62. The molecule has 2 aliphatic rings. The molecular weight excluding hydrogens is 358 g/mol. The highest BCUT2D eigenvalue weighted by Gasteiger charge is 2.28. The van der Waals surface area contributed by atoms with Gasteiger partial charge in [-0.15, -0.1) is 11.8 Å². The van der Waals surface area contributed by atoms with Gasteiger partial charge in [-0.2, -0.15) is 5.10 Å². The number of aromatic nitrogens is 2. The molecule has 2 aromatic rings. The van der Waals surface area contributed by atoms with Crippen molar-refractivity contribution in [3.05, 3.63) is 35.0 Å². The average Bonchev–Trinajstić information content (AvgIpc) is 3.04. The molecule has 1 unspecified atom stereocenters. The Hall–Kier alpha value is -2.55. The second-order valence-electron chi connectivity index (χ2n) is 6.34. The van der Waals surface area contributed by atoms with E-state index in [0.717, 1.165) is 49.0 Å². The summed E-state index contributed by atoms with van der Waals surface area (Å²) in [5.41, 5.74) is 2.52. The number of rotatable bonds is 4. The number of fused-ring (bicyclic) bond motifs is 3. The van der Waals surface area contributed by atoms with Crippen molar-refractivity contribution in [2.45, 2.75) is 37.4 Å². The minimum Gasteiger partial charge on any atom is -0.478 e. The maximum absolute atomic E-state index is 11.6. The van der Waals surface area contributed by atoms with Crippen LogP contribution < -0.4 is 0 Å². The highest BCUT2D eigenvalue weighted by Crippen LogP contribution is 2.29. The SMILES string of the molecule is O=C(O)C1=CN=C(C(=O)O)CSC1Cc1cc2oc3c(n2n1)CCCC3. The monoisotopic (exact) mass is 375 g/mol. The summed E-state index contributed by atoms with van der Waals surface area (Å²) >= 11 is 1.25. The second kappa shape index (κ2) is 6.64. The highest BCUT2D eigenvalue weighted by atomic mass is 32.2. The maximum atomic E-state index is 11.6. The van der Waals surface area contributed by atoms with Crippen LogP contribution in [0.2, 0.25) is 0 Å². The lowest BCUT2D eigenvalue weighted by atomic mass is 10.0. The Bertz CT molecular complexity index is 955. The summed E-state index contributed by atoms with van der Waals surface area (Å²) in [7, 11) is 0. The molecule has 26 heavy (non-hydrogen) atoms. The van der Waals surface area contributed by atoms with Crippen LogP contribution in [0, 0.1) is 0 Å². The lowest BCUT2D eigenvalue weighted by molar-refractivity contribution is -0.133. The first-order valence-corrected chi connectivity index (χ1v) is 9.42. The predicted octanol–water partition coefficient (Wildman–Crippen LogP) is 1.96. The van der Waals surface area contributed by atoms with Crippen LogP contribution in [0.3, 0.4) is 0 Å². The number of aryl methyl sites for hydroxylation is 2. The van der Waals surface area contributed by atoms with Crippen molar-refractivity contribution in [1.29, 1.82) is 0 Å². The van der Waals surface area contributed by atoms with Crippen LogP contribution in [0.15, 0.2) is 27.2 Å². The molecule has 136 valence electrons. The molecule has 8 nitrogen and oxygen atoms in total. The fraction of sp³-hybridized carbons (Fsp3) is 0.412. The van der Waals surface area contributed by atoms with E-state index in [-0.39, 0.29) is 17.0 Å². The van der Waals surface area contributed by atoms with Gasteiger partial charge in [0, 0.05) is 36.1 Å². The predicted molar refractivity (Wildman–Crippen MR) is 94.8 cm³/mol. The number of thioether (sulfide) groups is 1. The third kappa shape index (κ3) is 3.03. The summed E-state index contributed by atoms with van der Waals surface area (Å²) in [5.74, 6) is -1.10. The zero-order valence-corrected chi connectivity index (χ0v) is 14.7. The van der Waals surface area contributed by atoms with Crippen molar-refractivity contribution in [2.24, 2.45) is 4.99 Å². The molecule has 1 aliphatic heterocycles. The van der Waals surface area contributed by atoms with Gasteiger partial charge in [0.25, 0.3) is 0 Å². The van der Waals surface area contributed by atoms with Crippen molar-refractivity contribution in [3.63, 3.8) is 0 Å². The second-order valence-corrected chi connectivity index (χ2v) is 7.53. The van der Waals surface area contributed by atoms with E-state index >= 15 is 0 Å². The van der Waals surface area contributed by atoms with Gasteiger partial charge >= 0.3 is 11.9 Å². The summed E-state index contributed by atoms with van der Waals surface area (Å²) in [6.07, 6.45) is 5.60. The normalized spacial score (nSPS) is 20.2. The van der Waals surface area contributed by atoms with E-state index in [4.69, 9.17) is 9.52 Å². The van der Waals surface area contributed by atoms with E-state index in [1.54, 1.807) is 0 Å². The average molecular weight is 375 g/mol. The molecule has 0 fully saturated rings. The van der Waals surface area contributed by atoms with Crippen LogP contribution in [0.25, 0.3) is 5.71 Å². The fourth-order valence-corrected chi connectivity index (χ4v) is 4.49. The van der Waals surface area contributed by atoms with Gasteiger partial charge < -0.3 is 14.6 Å². The summed E-state index contributed by atoms with van der Waals surface area (Å²) in [4.78, 5) is 26.5. The van der Waals surface area contributed by atoms with Gasteiger partial charge in [-0.3, -0.25) is 4.99 Å². The molecule has 0 bridgehead atoms. The minimum absolute atomic E-state index is 0.0519. The Morgan fingerprint density at radius 1 is 1.27 bits per heavy atom. The Morgan fingerprint density at radius 3 is 2.85 bits per heavy atom. The van der Waals surface area contributed by atoms with E-state index in [9.17, 15) is 14.7 Å². The largest absolute Gasteiger partial charge is 0.478 e. The van der Waals surface area contributed by atoms with E-state index in [1.165, 1.54) is 11.8 Å². The van der Waals surface area contributed by atoms with Crippen molar-refractivity contribution in [1.82, 2.24) is 9.61 Å². The summed E-state index contributed by atoms with van der Waals surface area (Å²) in [5, 5.41) is 22.7. The van der Waals surface area contributed by atoms with E-state index in [2.05, 4.69) is 10.1 Å². The van der Waals surface area contributed by atoms with Crippen LogP contribution in [0.4, 0.5) is 0 Å². The molecule has 9 heteroatoms. The standard InChI is InChI=1S/C17H17N3O5S/c21-16(22)10-7-18-11(17(23)24)8-26-14(10)5-9-6-15-20(19-9)12-3-1-2-4-13(12)25-15/h6-7,14H,1-5,8H2,(H,21,22)(H,23,24). The van der Waals surface area contributed by atoms with Crippen molar-refractivity contribution < 1.29 is 24.2 Å². The first kappa shape index (κ1) is 16.9. The van der Waals surface area contributed by atoms with E-state index < -0.39 is 17.2 Å². The molecule has 3 heterocycles. The Labute approximate surface area is 152 Å². The van der Waals surface area contributed by atoms with Crippen LogP contribution in [-0.4, -0.2) is 48.5 Å². The van der Waals surface area contributed by atoms with Crippen LogP contribution >= 0.6 is 11.8 Å². The first-order chi connectivity index (χ1) is 12.5. The Kier molecular flexibility index (Phi) is 4.31. The topological polar surface area (TPSA) is 117 Å². The first-order valence-electron chi connectivity index (χ1n) is 8.37. The molecule has 2 N–H and O–H groups in total. The molecule has 0 radical (unpaired) electrons. The van der Waals surface area contributed by atoms with Crippen molar-refractivity contribution >= 4 is 35.1 Å². The lowest BCUT2D eigenvalue weighted by Gasteiger charge is -2.14. The molecule has 0 amide bonds. The number of carboxylic acids is 2. The molecule has 1 atom stereocenters. The Morgan fingerprint density at radius 2 is 2.08 bits per heavy atom. The number of nitrogens with zero attached hydrogens (tertiary/aromatic N) is 3. The van der Waals surface area contributed by atoms with Crippen molar-refractivity contribution in [3.8, 4) is 0 Å². The van der Waals surface area contributed by atoms with Gasteiger partial charge in [0.1, 0.15) is 11.5 Å². The number of oxazole rings is 1. The number of aliphatic carboxylic acids is 2. The molecule has 0 aromatic carbocycles. The molecule has 0 saturated carbocycles. The van der Waals surface area contributed by atoms with Crippen molar-refractivity contribution in [2.75, 3.05) is 5.75 Å². The third-order valence-corrected chi connectivity index (χ3v) is 5.88. The number of hydrogen-bond donors (Lipinski definition) is 2. The number of hydrogen-bond acceptors (Lipinski definition) is 6. The number of carboxylic acid groups (broad SMARTS) is 2. The van der Waals surface area contributed by atoms with Gasteiger partial charge in [0.05, 0.1) is 17.0 Å². The molecule has 0 saturated heterocycles. The molecule has 2 aromatic heterocycles. The summed E-state index contributed by atoms with van der Waals surface area (Å²) < 4.78 is 7.68. The zero-order chi connectivity index (χ0) is 18.3. The highest BCUT2D eigenvalue weighted by molar-refractivity contribution is 8.00. The number of carbonyl (C=O) groups is 2.